The van der Waals surface area contributed by atoms with Crippen LogP contribution in [0.15, 0.2) is 79.4 Å². The summed E-state index contributed by atoms with van der Waals surface area (Å²) in [4.78, 5) is 13.3. The van der Waals surface area contributed by atoms with Gasteiger partial charge in [-0.2, -0.15) is 5.10 Å². The number of hydrogen-bond donors (Lipinski definition) is 1. The van der Waals surface area contributed by atoms with Crippen LogP contribution in [0, 0.1) is 0 Å². The predicted octanol–water partition coefficient (Wildman–Crippen LogP) is 3.98. The van der Waals surface area contributed by atoms with Crippen LogP contribution < -0.4 is 5.32 Å². The second-order valence-corrected chi connectivity index (χ2v) is 6.20. The van der Waals surface area contributed by atoms with Crippen molar-refractivity contribution in [3.05, 3.63) is 84.9 Å². The molecule has 0 aliphatic rings. The Kier molecular flexibility index (Phi) is 3.72. The molecule has 130 valence electrons. The SMILES string of the molecule is c1ccc(-n2ncc3c(NCc4cccc5cccnc45)ncnc32)cc1. The van der Waals surface area contributed by atoms with Gasteiger partial charge in [0, 0.05) is 18.1 Å². The van der Waals surface area contributed by atoms with Gasteiger partial charge in [-0.25, -0.2) is 14.6 Å². The van der Waals surface area contributed by atoms with Crippen LogP contribution in [-0.2, 0) is 6.54 Å². The Balaban J connectivity index is 1.50. The average Bonchev–Trinajstić information content (AvgIpc) is 3.17. The minimum absolute atomic E-state index is 0.622. The van der Waals surface area contributed by atoms with Crippen molar-refractivity contribution in [1.29, 1.82) is 0 Å². The van der Waals surface area contributed by atoms with Crippen molar-refractivity contribution in [2.45, 2.75) is 6.54 Å². The molecule has 3 heterocycles. The minimum atomic E-state index is 0.622. The lowest BCUT2D eigenvalue weighted by Crippen LogP contribution is -2.04. The second-order valence-electron chi connectivity index (χ2n) is 6.20. The maximum Gasteiger partial charge on any atom is 0.168 e. The quantitative estimate of drug-likeness (QED) is 0.530. The van der Waals surface area contributed by atoms with E-state index in [1.54, 1.807) is 12.5 Å². The van der Waals surface area contributed by atoms with Crippen LogP contribution in [0.5, 0.6) is 0 Å². The maximum atomic E-state index is 4.51. The van der Waals surface area contributed by atoms with E-state index in [2.05, 4.69) is 43.6 Å². The van der Waals surface area contributed by atoms with Gasteiger partial charge in [-0.3, -0.25) is 4.98 Å². The molecule has 0 unspecified atom stereocenters. The number of para-hydroxylation sites is 2. The van der Waals surface area contributed by atoms with Crippen LogP contribution in [0.25, 0.3) is 27.6 Å². The highest BCUT2D eigenvalue weighted by atomic mass is 15.3. The zero-order valence-corrected chi connectivity index (χ0v) is 14.4. The largest absolute Gasteiger partial charge is 0.365 e. The third-order valence-electron chi connectivity index (χ3n) is 4.53. The van der Waals surface area contributed by atoms with Crippen molar-refractivity contribution in [2.75, 3.05) is 5.32 Å². The molecule has 0 radical (unpaired) electrons. The van der Waals surface area contributed by atoms with Crippen LogP contribution in [-0.4, -0.2) is 24.7 Å². The molecule has 1 N–H and O–H groups in total. The summed E-state index contributed by atoms with van der Waals surface area (Å²) in [5.41, 5.74) is 3.86. The fraction of sp³-hybridized carbons (Fsp3) is 0.0476. The first-order valence-electron chi connectivity index (χ1n) is 8.71. The summed E-state index contributed by atoms with van der Waals surface area (Å²) in [5, 5.41) is 9.92. The normalized spacial score (nSPS) is 11.1. The standard InChI is InChI=1S/C21H16N6/c1-2-9-17(10-3-1)27-21-18(13-26-27)20(24-14-25-21)23-12-16-7-4-6-15-8-5-11-22-19(15)16/h1-11,13-14H,12H2,(H,23,24,25). The van der Waals surface area contributed by atoms with E-state index in [1.807, 2.05) is 53.3 Å². The Labute approximate surface area is 155 Å². The first-order valence-corrected chi connectivity index (χ1v) is 8.71. The summed E-state index contributed by atoms with van der Waals surface area (Å²) < 4.78 is 1.82. The fourth-order valence-corrected chi connectivity index (χ4v) is 3.23. The number of nitrogens with one attached hydrogen (secondary N) is 1. The number of nitrogens with zero attached hydrogens (tertiary/aromatic N) is 5. The van der Waals surface area contributed by atoms with E-state index < -0.39 is 0 Å². The van der Waals surface area contributed by atoms with Crippen LogP contribution in [0.1, 0.15) is 5.56 Å². The van der Waals surface area contributed by atoms with Gasteiger partial charge < -0.3 is 5.32 Å². The smallest absolute Gasteiger partial charge is 0.168 e. The number of pyridine rings is 1. The lowest BCUT2D eigenvalue weighted by atomic mass is 10.1. The summed E-state index contributed by atoms with van der Waals surface area (Å²) in [5.74, 6) is 0.759. The van der Waals surface area contributed by atoms with Gasteiger partial charge in [-0.05, 0) is 23.8 Å². The summed E-state index contributed by atoms with van der Waals surface area (Å²) >= 11 is 0. The zero-order chi connectivity index (χ0) is 18.1. The summed E-state index contributed by atoms with van der Waals surface area (Å²) in [6.07, 6.45) is 5.18. The maximum absolute atomic E-state index is 4.51. The molecule has 0 fully saturated rings. The highest BCUT2D eigenvalue weighted by molar-refractivity contribution is 5.87. The Morgan fingerprint density at radius 1 is 0.852 bits per heavy atom. The molecule has 0 amide bonds. The van der Waals surface area contributed by atoms with Gasteiger partial charge in [0.1, 0.15) is 12.1 Å². The van der Waals surface area contributed by atoms with E-state index >= 15 is 0 Å². The van der Waals surface area contributed by atoms with Gasteiger partial charge >= 0.3 is 0 Å². The predicted molar refractivity (Wildman–Crippen MR) is 106 cm³/mol. The molecule has 6 heteroatoms. The molecule has 0 bridgehead atoms. The molecule has 6 nitrogen and oxygen atoms in total. The highest BCUT2D eigenvalue weighted by Crippen LogP contribution is 2.23. The third kappa shape index (κ3) is 2.77. The molecule has 0 saturated carbocycles. The Hall–Kier alpha value is -3.80. The van der Waals surface area contributed by atoms with E-state index in [0.29, 0.717) is 6.54 Å². The van der Waals surface area contributed by atoms with Crippen molar-refractivity contribution in [3.8, 4) is 5.69 Å². The topological polar surface area (TPSA) is 68.5 Å². The van der Waals surface area contributed by atoms with E-state index in [-0.39, 0.29) is 0 Å². The molecule has 27 heavy (non-hydrogen) atoms. The van der Waals surface area contributed by atoms with Crippen molar-refractivity contribution in [3.63, 3.8) is 0 Å². The molecule has 3 aromatic heterocycles. The van der Waals surface area contributed by atoms with Crippen LogP contribution in [0.3, 0.4) is 0 Å². The number of anilines is 1. The van der Waals surface area contributed by atoms with Gasteiger partial charge in [0.2, 0.25) is 0 Å². The van der Waals surface area contributed by atoms with Gasteiger partial charge in [0.15, 0.2) is 5.65 Å². The lowest BCUT2D eigenvalue weighted by Gasteiger charge is -2.09. The van der Waals surface area contributed by atoms with E-state index in [4.69, 9.17) is 0 Å². The Morgan fingerprint density at radius 3 is 2.67 bits per heavy atom. The summed E-state index contributed by atoms with van der Waals surface area (Å²) in [6.45, 7) is 0.622. The van der Waals surface area contributed by atoms with Crippen molar-refractivity contribution in [2.24, 2.45) is 0 Å². The molecule has 5 aromatic rings. The number of hydrogen-bond acceptors (Lipinski definition) is 5. The average molecular weight is 352 g/mol. The second kappa shape index (κ2) is 6.49. The van der Waals surface area contributed by atoms with Crippen LogP contribution >= 0.6 is 0 Å². The Morgan fingerprint density at radius 2 is 1.74 bits per heavy atom. The number of benzene rings is 2. The zero-order valence-electron chi connectivity index (χ0n) is 14.4. The third-order valence-corrected chi connectivity index (χ3v) is 4.53. The lowest BCUT2D eigenvalue weighted by molar-refractivity contribution is 0.895. The van der Waals surface area contributed by atoms with E-state index in [1.165, 1.54) is 0 Å². The van der Waals surface area contributed by atoms with E-state index in [9.17, 15) is 0 Å². The number of fused-ring (bicyclic) bond motifs is 2. The highest BCUT2D eigenvalue weighted by Gasteiger charge is 2.11. The summed E-state index contributed by atoms with van der Waals surface area (Å²) in [6, 6.07) is 20.2. The van der Waals surface area contributed by atoms with Gasteiger partial charge in [-0.1, -0.05) is 42.5 Å². The first kappa shape index (κ1) is 15.5. The molecule has 0 aliphatic heterocycles. The minimum Gasteiger partial charge on any atom is -0.365 e. The van der Waals surface area contributed by atoms with Gasteiger partial charge in [0.25, 0.3) is 0 Å². The molecule has 0 atom stereocenters. The number of rotatable bonds is 4. The summed E-state index contributed by atoms with van der Waals surface area (Å²) in [7, 11) is 0. The molecule has 5 rings (SSSR count). The van der Waals surface area contributed by atoms with Crippen LogP contribution in [0.2, 0.25) is 0 Å². The number of aromatic nitrogens is 5. The molecule has 0 saturated heterocycles. The first-order chi connectivity index (χ1) is 13.4. The van der Waals surface area contributed by atoms with E-state index in [0.717, 1.165) is 39.0 Å². The van der Waals surface area contributed by atoms with Crippen molar-refractivity contribution in [1.82, 2.24) is 24.7 Å². The van der Waals surface area contributed by atoms with Crippen LogP contribution in [0.4, 0.5) is 5.82 Å². The molecular formula is C21H16N6. The molecular weight excluding hydrogens is 336 g/mol. The Bertz CT molecular complexity index is 1220. The van der Waals surface area contributed by atoms with Gasteiger partial charge in [-0.15, -0.1) is 0 Å². The molecule has 0 spiro atoms. The molecule has 0 aliphatic carbocycles. The monoisotopic (exact) mass is 352 g/mol. The van der Waals surface area contributed by atoms with Gasteiger partial charge in [0.05, 0.1) is 22.8 Å². The molecule has 2 aromatic carbocycles. The van der Waals surface area contributed by atoms with Crippen molar-refractivity contribution < 1.29 is 0 Å². The fourth-order valence-electron chi connectivity index (χ4n) is 3.23. The van der Waals surface area contributed by atoms with Crippen molar-refractivity contribution >= 4 is 27.8 Å².